The van der Waals surface area contributed by atoms with Gasteiger partial charge in [-0.05, 0) is 18.9 Å². The lowest BCUT2D eigenvalue weighted by molar-refractivity contribution is -0.137. The van der Waals surface area contributed by atoms with E-state index in [0.717, 1.165) is 10.9 Å². The molecular formula is C14H17N3O3. The molecule has 6 nitrogen and oxygen atoms in total. The number of amides is 1. The van der Waals surface area contributed by atoms with E-state index in [1.165, 1.54) is 0 Å². The van der Waals surface area contributed by atoms with Gasteiger partial charge in [0.15, 0.2) is 5.69 Å². The summed E-state index contributed by atoms with van der Waals surface area (Å²) < 4.78 is 1.68. The van der Waals surface area contributed by atoms with E-state index in [9.17, 15) is 9.59 Å². The molecule has 0 radical (unpaired) electrons. The summed E-state index contributed by atoms with van der Waals surface area (Å²) in [4.78, 5) is 22.4. The Morgan fingerprint density at radius 3 is 2.80 bits per heavy atom. The van der Waals surface area contributed by atoms with Crippen LogP contribution in [-0.4, -0.2) is 33.3 Å². The number of aliphatic carboxylic acids is 1. The van der Waals surface area contributed by atoms with Gasteiger partial charge in [-0.15, -0.1) is 0 Å². The van der Waals surface area contributed by atoms with Crippen LogP contribution in [0.4, 0.5) is 0 Å². The molecule has 0 saturated carbocycles. The van der Waals surface area contributed by atoms with Crippen molar-refractivity contribution in [2.45, 2.75) is 19.3 Å². The first-order valence-electron chi connectivity index (χ1n) is 6.51. The molecule has 1 aromatic heterocycles. The van der Waals surface area contributed by atoms with Crippen LogP contribution in [0.5, 0.6) is 0 Å². The van der Waals surface area contributed by atoms with E-state index in [1.807, 2.05) is 24.3 Å². The molecule has 2 N–H and O–H groups in total. The number of aryl methyl sites for hydroxylation is 1. The lowest BCUT2D eigenvalue weighted by Crippen LogP contribution is -2.25. The van der Waals surface area contributed by atoms with E-state index in [0.29, 0.717) is 25.1 Å². The zero-order chi connectivity index (χ0) is 14.5. The number of nitrogens with one attached hydrogen (secondary N) is 1. The number of nitrogens with zero attached hydrogens (tertiary/aromatic N) is 2. The Morgan fingerprint density at radius 1 is 1.30 bits per heavy atom. The molecule has 2 rings (SSSR count). The zero-order valence-electron chi connectivity index (χ0n) is 11.3. The average Bonchev–Trinajstić information content (AvgIpc) is 2.76. The number of hydrogen-bond donors (Lipinski definition) is 2. The van der Waals surface area contributed by atoms with E-state index in [4.69, 9.17) is 5.11 Å². The number of benzene rings is 1. The smallest absolute Gasteiger partial charge is 0.303 e. The minimum Gasteiger partial charge on any atom is -0.481 e. The number of carbonyl (C=O) groups excluding carboxylic acids is 1. The number of para-hydroxylation sites is 1. The molecule has 0 aliphatic rings. The van der Waals surface area contributed by atoms with E-state index in [1.54, 1.807) is 11.7 Å². The van der Waals surface area contributed by atoms with Gasteiger partial charge < -0.3 is 10.4 Å². The van der Waals surface area contributed by atoms with E-state index < -0.39 is 5.97 Å². The third kappa shape index (κ3) is 3.14. The predicted molar refractivity (Wildman–Crippen MR) is 74.5 cm³/mol. The molecule has 0 atom stereocenters. The number of aromatic nitrogens is 2. The highest BCUT2D eigenvalue weighted by atomic mass is 16.4. The van der Waals surface area contributed by atoms with Gasteiger partial charge in [-0.1, -0.05) is 18.2 Å². The van der Waals surface area contributed by atoms with Crippen LogP contribution in [0.2, 0.25) is 0 Å². The second-order valence-corrected chi connectivity index (χ2v) is 4.60. The van der Waals surface area contributed by atoms with E-state index in [-0.39, 0.29) is 12.3 Å². The Morgan fingerprint density at radius 2 is 2.05 bits per heavy atom. The fourth-order valence-corrected chi connectivity index (χ4v) is 2.07. The summed E-state index contributed by atoms with van der Waals surface area (Å²) >= 11 is 0. The number of hydrogen-bond acceptors (Lipinski definition) is 3. The highest BCUT2D eigenvalue weighted by molar-refractivity contribution is 6.04. The van der Waals surface area contributed by atoms with Crippen LogP contribution >= 0.6 is 0 Å². The molecule has 1 aromatic carbocycles. The fraction of sp³-hybridized carbons (Fsp3) is 0.357. The maximum atomic E-state index is 12.1. The van der Waals surface area contributed by atoms with Crippen molar-refractivity contribution in [3.05, 3.63) is 30.0 Å². The van der Waals surface area contributed by atoms with Crippen molar-refractivity contribution >= 4 is 22.8 Å². The van der Waals surface area contributed by atoms with E-state index >= 15 is 0 Å². The van der Waals surface area contributed by atoms with Gasteiger partial charge in [-0.25, -0.2) is 0 Å². The second kappa shape index (κ2) is 6.18. The summed E-state index contributed by atoms with van der Waals surface area (Å²) in [7, 11) is 1.80. The van der Waals surface area contributed by atoms with Gasteiger partial charge in [0, 0.05) is 25.4 Å². The molecule has 0 fully saturated rings. The van der Waals surface area contributed by atoms with Crippen molar-refractivity contribution in [1.29, 1.82) is 0 Å². The van der Waals surface area contributed by atoms with Gasteiger partial charge in [0.25, 0.3) is 5.91 Å². The highest BCUT2D eigenvalue weighted by Gasteiger charge is 2.14. The summed E-state index contributed by atoms with van der Waals surface area (Å²) in [5.74, 6) is -1.04. The van der Waals surface area contributed by atoms with Crippen molar-refractivity contribution in [3.8, 4) is 0 Å². The fourth-order valence-electron chi connectivity index (χ4n) is 2.07. The molecule has 2 aromatic rings. The molecule has 20 heavy (non-hydrogen) atoms. The largest absolute Gasteiger partial charge is 0.481 e. The number of carboxylic acid groups (broad SMARTS) is 1. The minimum absolute atomic E-state index is 0.127. The Bertz CT molecular complexity index is 634. The van der Waals surface area contributed by atoms with Crippen molar-refractivity contribution < 1.29 is 14.7 Å². The van der Waals surface area contributed by atoms with Gasteiger partial charge in [0.2, 0.25) is 0 Å². The molecule has 0 aliphatic heterocycles. The number of rotatable bonds is 6. The topological polar surface area (TPSA) is 84.2 Å². The molecule has 0 spiro atoms. The lowest BCUT2D eigenvalue weighted by atomic mass is 10.2. The standard InChI is InChI=1S/C14H17N3O3/c1-17-11-7-3-2-6-10(11)13(16-17)14(20)15-9-5-4-8-12(18)19/h2-3,6-7H,4-5,8-9H2,1H3,(H,15,20)(H,18,19). The van der Waals surface area contributed by atoms with Crippen molar-refractivity contribution in [2.75, 3.05) is 6.54 Å². The summed E-state index contributed by atoms with van der Waals surface area (Å²) in [6.45, 7) is 0.455. The quantitative estimate of drug-likeness (QED) is 0.783. The lowest BCUT2D eigenvalue weighted by Gasteiger charge is -2.02. The van der Waals surface area contributed by atoms with Gasteiger partial charge in [-0.3, -0.25) is 14.3 Å². The summed E-state index contributed by atoms with van der Waals surface area (Å²) in [6.07, 6.45) is 1.32. The van der Waals surface area contributed by atoms with Gasteiger partial charge in [0.05, 0.1) is 5.52 Å². The van der Waals surface area contributed by atoms with Crippen LogP contribution in [0, 0.1) is 0 Å². The number of unbranched alkanes of at least 4 members (excludes halogenated alkanes) is 1. The SMILES string of the molecule is Cn1nc(C(=O)NCCCCC(=O)O)c2ccccc21. The Kier molecular flexibility index (Phi) is 4.34. The molecule has 0 bridgehead atoms. The van der Waals surface area contributed by atoms with Crippen molar-refractivity contribution in [3.63, 3.8) is 0 Å². The first-order valence-corrected chi connectivity index (χ1v) is 6.51. The van der Waals surface area contributed by atoms with Crippen molar-refractivity contribution in [1.82, 2.24) is 15.1 Å². The maximum absolute atomic E-state index is 12.1. The van der Waals surface area contributed by atoms with Crippen molar-refractivity contribution in [2.24, 2.45) is 7.05 Å². The van der Waals surface area contributed by atoms with E-state index in [2.05, 4.69) is 10.4 Å². The molecule has 0 aliphatic carbocycles. The van der Waals surface area contributed by atoms with Crippen LogP contribution in [0.1, 0.15) is 29.8 Å². The molecule has 0 unspecified atom stereocenters. The number of fused-ring (bicyclic) bond motifs is 1. The second-order valence-electron chi connectivity index (χ2n) is 4.60. The van der Waals surface area contributed by atoms with Gasteiger partial charge in [-0.2, -0.15) is 5.10 Å². The van der Waals surface area contributed by atoms with Crippen LogP contribution in [-0.2, 0) is 11.8 Å². The van der Waals surface area contributed by atoms with Crippen LogP contribution in [0.25, 0.3) is 10.9 Å². The maximum Gasteiger partial charge on any atom is 0.303 e. The highest BCUT2D eigenvalue weighted by Crippen LogP contribution is 2.17. The van der Waals surface area contributed by atoms with Crippen LogP contribution in [0.3, 0.4) is 0 Å². The minimum atomic E-state index is -0.813. The molecule has 106 valence electrons. The monoisotopic (exact) mass is 275 g/mol. The number of carbonyl (C=O) groups is 2. The average molecular weight is 275 g/mol. The predicted octanol–water partition coefficient (Wildman–Crippen LogP) is 1.56. The Balaban J connectivity index is 1.96. The van der Waals surface area contributed by atoms with Crippen LogP contribution in [0.15, 0.2) is 24.3 Å². The summed E-state index contributed by atoms with van der Waals surface area (Å²) in [5.41, 5.74) is 1.31. The van der Waals surface area contributed by atoms with Gasteiger partial charge >= 0.3 is 5.97 Å². The van der Waals surface area contributed by atoms with Gasteiger partial charge in [0.1, 0.15) is 0 Å². The third-order valence-electron chi connectivity index (χ3n) is 3.08. The molecule has 1 heterocycles. The third-order valence-corrected chi connectivity index (χ3v) is 3.08. The number of carboxylic acids is 1. The molecule has 6 heteroatoms. The molecular weight excluding hydrogens is 258 g/mol. The first kappa shape index (κ1) is 14.0. The first-order chi connectivity index (χ1) is 9.59. The zero-order valence-corrected chi connectivity index (χ0v) is 11.3. The van der Waals surface area contributed by atoms with Crippen LogP contribution < -0.4 is 5.32 Å². The molecule has 1 amide bonds. The summed E-state index contributed by atoms with van der Waals surface area (Å²) in [6, 6.07) is 7.54. The molecule has 0 saturated heterocycles. The summed E-state index contributed by atoms with van der Waals surface area (Å²) in [5, 5.41) is 16.3. The Hall–Kier alpha value is -2.37. The Labute approximate surface area is 116 Å². The normalized spacial score (nSPS) is 10.7.